The summed E-state index contributed by atoms with van der Waals surface area (Å²) in [4.78, 5) is 0. The third kappa shape index (κ3) is 3.34. The van der Waals surface area contributed by atoms with E-state index in [4.69, 9.17) is 34.8 Å². The normalized spacial score (nSPS) is 10.9. The molecule has 0 saturated carbocycles. The van der Waals surface area contributed by atoms with Crippen molar-refractivity contribution in [2.24, 2.45) is 0 Å². The van der Waals surface area contributed by atoms with E-state index in [0.717, 1.165) is 27.7 Å². The monoisotopic (exact) mass is 399 g/mol. The maximum Gasteiger partial charge on any atom is 0.161 e. The Morgan fingerprint density at radius 1 is 0.692 bits per heavy atom. The lowest BCUT2D eigenvalue weighted by molar-refractivity contribution is 1.06. The molecule has 0 fully saturated rings. The van der Waals surface area contributed by atoms with Crippen LogP contribution in [0.1, 0.15) is 0 Å². The number of rotatable bonds is 3. The van der Waals surface area contributed by atoms with Crippen LogP contribution in [0.5, 0.6) is 0 Å². The van der Waals surface area contributed by atoms with Gasteiger partial charge in [-0.3, -0.25) is 0 Å². The quantitative estimate of drug-likeness (QED) is 0.402. The SMILES string of the molecule is Clc1cccc(Nc2nnc(-c3ccccc3)c3cc(Cl)c(Cl)cc23)c1. The van der Waals surface area contributed by atoms with Crippen molar-refractivity contribution < 1.29 is 0 Å². The highest BCUT2D eigenvalue weighted by molar-refractivity contribution is 6.43. The van der Waals surface area contributed by atoms with Crippen molar-refractivity contribution in [1.29, 1.82) is 0 Å². The van der Waals surface area contributed by atoms with E-state index in [1.165, 1.54) is 0 Å². The van der Waals surface area contributed by atoms with E-state index in [2.05, 4.69) is 15.5 Å². The van der Waals surface area contributed by atoms with Crippen molar-refractivity contribution in [3.63, 3.8) is 0 Å². The number of nitrogens with one attached hydrogen (secondary N) is 1. The second-order valence-electron chi connectivity index (χ2n) is 5.71. The van der Waals surface area contributed by atoms with E-state index >= 15 is 0 Å². The summed E-state index contributed by atoms with van der Waals surface area (Å²) in [5, 5.41) is 15.3. The first kappa shape index (κ1) is 17.1. The van der Waals surface area contributed by atoms with Crippen molar-refractivity contribution >= 4 is 57.1 Å². The fraction of sp³-hybridized carbons (Fsp3) is 0. The van der Waals surface area contributed by atoms with Gasteiger partial charge in [0.25, 0.3) is 0 Å². The number of halogens is 3. The van der Waals surface area contributed by atoms with Crippen LogP contribution in [0.2, 0.25) is 15.1 Å². The van der Waals surface area contributed by atoms with Gasteiger partial charge in [0.15, 0.2) is 5.82 Å². The molecule has 0 aliphatic rings. The molecule has 0 aliphatic heterocycles. The predicted octanol–water partition coefficient (Wildman–Crippen LogP) is 7.00. The minimum absolute atomic E-state index is 0.459. The molecule has 26 heavy (non-hydrogen) atoms. The second-order valence-corrected chi connectivity index (χ2v) is 6.96. The van der Waals surface area contributed by atoms with E-state index in [9.17, 15) is 0 Å². The third-order valence-electron chi connectivity index (χ3n) is 3.96. The van der Waals surface area contributed by atoms with Gasteiger partial charge in [0.05, 0.1) is 10.0 Å². The zero-order chi connectivity index (χ0) is 18.1. The molecule has 1 N–H and O–H groups in total. The van der Waals surface area contributed by atoms with Gasteiger partial charge >= 0.3 is 0 Å². The molecule has 6 heteroatoms. The molecular weight excluding hydrogens is 389 g/mol. The van der Waals surface area contributed by atoms with Crippen LogP contribution in [-0.4, -0.2) is 10.2 Å². The van der Waals surface area contributed by atoms with Crippen LogP contribution in [-0.2, 0) is 0 Å². The van der Waals surface area contributed by atoms with Gasteiger partial charge in [-0.2, -0.15) is 0 Å². The minimum Gasteiger partial charge on any atom is -0.338 e. The molecule has 3 nitrogen and oxygen atoms in total. The zero-order valence-corrected chi connectivity index (χ0v) is 15.6. The molecule has 3 aromatic carbocycles. The Morgan fingerprint density at radius 3 is 2.15 bits per heavy atom. The standard InChI is InChI=1S/C20H12Cl3N3/c21-13-7-4-8-14(9-13)24-20-16-11-18(23)17(22)10-15(16)19(25-26-20)12-5-2-1-3-6-12/h1-11H,(H,24,26). The molecule has 0 atom stereocenters. The lowest BCUT2D eigenvalue weighted by Gasteiger charge is -2.12. The topological polar surface area (TPSA) is 37.8 Å². The van der Waals surface area contributed by atoms with Crippen molar-refractivity contribution in [2.45, 2.75) is 0 Å². The molecule has 1 heterocycles. The molecule has 0 bridgehead atoms. The minimum atomic E-state index is 0.459. The summed E-state index contributed by atoms with van der Waals surface area (Å²) < 4.78 is 0. The summed E-state index contributed by atoms with van der Waals surface area (Å²) in [5.74, 6) is 0.584. The van der Waals surface area contributed by atoms with Crippen LogP contribution in [0.3, 0.4) is 0 Å². The van der Waals surface area contributed by atoms with Crippen LogP contribution >= 0.6 is 34.8 Å². The molecule has 0 saturated heterocycles. The summed E-state index contributed by atoms with van der Waals surface area (Å²) in [7, 11) is 0. The van der Waals surface area contributed by atoms with Crippen LogP contribution in [0.4, 0.5) is 11.5 Å². The highest BCUT2D eigenvalue weighted by atomic mass is 35.5. The van der Waals surface area contributed by atoms with Crippen LogP contribution in [0, 0.1) is 0 Å². The van der Waals surface area contributed by atoms with Crippen molar-refractivity contribution in [3.8, 4) is 11.3 Å². The second kappa shape index (κ2) is 7.12. The first-order valence-electron chi connectivity index (χ1n) is 7.85. The van der Waals surface area contributed by atoms with Gasteiger partial charge in [-0.25, -0.2) is 0 Å². The van der Waals surface area contributed by atoms with Gasteiger partial charge < -0.3 is 5.32 Å². The lowest BCUT2D eigenvalue weighted by Crippen LogP contribution is -1.99. The first-order valence-corrected chi connectivity index (χ1v) is 8.98. The fourth-order valence-corrected chi connectivity index (χ4v) is 3.27. The molecule has 0 spiro atoms. The molecule has 0 aliphatic carbocycles. The average Bonchev–Trinajstić information content (AvgIpc) is 2.64. The molecule has 0 radical (unpaired) electrons. The Balaban J connectivity index is 1.91. The molecule has 0 unspecified atom stereocenters. The first-order chi connectivity index (χ1) is 12.6. The number of benzene rings is 3. The molecule has 0 amide bonds. The Labute approximate surface area is 165 Å². The van der Waals surface area contributed by atoms with Crippen LogP contribution in [0.15, 0.2) is 66.7 Å². The number of hydrogen-bond acceptors (Lipinski definition) is 3. The van der Waals surface area contributed by atoms with Gasteiger partial charge in [0, 0.05) is 27.0 Å². The number of nitrogens with zero attached hydrogens (tertiary/aromatic N) is 2. The van der Waals surface area contributed by atoms with Gasteiger partial charge in [-0.15, -0.1) is 10.2 Å². The third-order valence-corrected chi connectivity index (χ3v) is 4.91. The average molecular weight is 401 g/mol. The van der Waals surface area contributed by atoms with Crippen LogP contribution < -0.4 is 5.32 Å². The smallest absolute Gasteiger partial charge is 0.161 e. The Bertz CT molecular complexity index is 1100. The highest BCUT2D eigenvalue weighted by Crippen LogP contribution is 2.36. The molecular formula is C20H12Cl3N3. The molecule has 4 rings (SSSR count). The summed E-state index contributed by atoms with van der Waals surface area (Å²) in [6, 6.07) is 20.8. The van der Waals surface area contributed by atoms with E-state index in [-0.39, 0.29) is 0 Å². The van der Waals surface area contributed by atoms with E-state index in [1.54, 1.807) is 6.07 Å². The van der Waals surface area contributed by atoms with E-state index < -0.39 is 0 Å². The Hall–Kier alpha value is -2.33. The van der Waals surface area contributed by atoms with Crippen molar-refractivity contribution in [1.82, 2.24) is 10.2 Å². The van der Waals surface area contributed by atoms with Gasteiger partial charge in [0.2, 0.25) is 0 Å². The van der Waals surface area contributed by atoms with Gasteiger partial charge in [0.1, 0.15) is 5.69 Å². The molecule has 1 aromatic heterocycles. The summed E-state index contributed by atoms with van der Waals surface area (Å²) in [6.45, 7) is 0. The van der Waals surface area contributed by atoms with E-state index in [1.807, 2.05) is 60.7 Å². The van der Waals surface area contributed by atoms with Crippen molar-refractivity contribution in [2.75, 3.05) is 5.32 Å². The number of hydrogen-bond donors (Lipinski definition) is 1. The van der Waals surface area contributed by atoms with Crippen molar-refractivity contribution in [3.05, 3.63) is 81.8 Å². The summed E-state index contributed by atoms with van der Waals surface area (Å²) in [6.07, 6.45) is 0. The zero-order valence-electron chi connectivity index (χ0n) is 13.4. The highest BCUT2D eigenvalue weighted by Gasteiger charge is 2.14. The maximum absolute atomic E-state index is 6.26. The van der Waals surface area contributed by atoms with Gasteiger partial charge in [-0.1, -0.05) is 71.2 Å². The summed E-state index contributed by atoms with van der Waals surface area (Å²) in [5.41, 5.74) is 2.51. The largest absolute Gasteiger partial charge is 0.338 e. The molecule has 128 valence electrons. The predicted molar refractivity (Wildman–Crippen MR) is 110 cm³/mol. The Morgan fingerprint density at radius 2 is 1.42 bits per heavy atom. The Kier molecular flexibility index (Phi) is 4.68. The number of aromatic nitrogens is 2. The number of fused-ring (bicyclic) bond motifs is 1. The van der Waals surface area contributed by atoms with Gasteiger partial charge in [-0.05, 0) is 30.3 Å². The number of anilines is 2. The lowest BCUT2D eigenvalue weighted by atomic mass is 10.0. The molecule has 4 aromatic rings. The van der Waals surface area contributed by atoms with Crippen LogP contribution in [0.25, 0.3) is 22.0 Å². The maximum atomic E-state index is 6.26. The summed E-state index contributed by atoms with van der Waals surface area (Å²) >= 11 is 18.6. The fourth-order valence-electron chi connectivity index (χ4n) is 2.75. The van der Waals surface area contributed by atoms with E-state index in [0.29, 0.717) is 20.9 Å².